The van der Waals surface area contributed by atoms with Crippen LogP contribution in [0, 0.1) is 0 Å². The molecule has 132 valence electrons. The number of halogens is 1. The molecule has 0 atom stereocenters. The first-order valence-corrected chi connectivity index (χ1v) is 8.75. The van der Waals surface area contributed by atoms with Crippen LogP contribution in [0.3, 0.4) is 0 Å². The van der Waals surface area contributed by atoms with Crippen LogP contribution in [-0.4, -0.2) is 38.1 Å². The normalized spacial score (nSPS) is 10.9. The highest BCUT2D eigenvalue weighted by Gasteiger charge is 2.06. The average molecular weight is 459 g/mol. The first-order chi connectivity index (χ1) is 11.2. The molecule has 0 spiro atoms. The van der Waals surface area contributed by atoms with Crippen LogP contribution in [0.15, 0.2) is 46.8 Å². The molecule has 2 aromatic rings. The minimum atomic E-state index is 0. The van der Waals surface area contributed by atoms with Gasteiger partial charge in [0.1, 0.15) is 5.75 Å². The number of hydrogen-bond donors (Lipinski definition) is 1. The highest BCUT2D eigenvalue weighted by Crippen LogP contribution is 2.13. The summed E-state index contributed by atoms with van der Waals surface area (Å²) in [4.78, 5) is 8.26. The van der Waals surface area contributed by atoms with E-state index in [9.17, 15) is 0 Å². The molecule has 0 radical (unpaired) electrons. The standard InChI is InChI=1S/C18H25N3OS.HI/c1-4-19-18(20-12-11-17-6-5-13-23-17)21(2)14-15-7-9-16(22-3)10-8-15;/h5-10,13H,4,11-12,14H2,1-3H3,(H,19,20);1H. The lowest BCUT2D eigenvalue weighted by Gasteiger charge is -2.22. The number of nitrogens with zero attached hydrogens (tertiary/aromatic N) is 2. The molecule has 0 aliphatic rings. The van der Waals surface area contributed by atoms with Crippen molar-refractivity contribution >= 4 is 41.3 Å². The van der Waals surface area contributed by atoms with E-state index in [0.717, 1.165) is 37.8 Å². The van der Waals surface area contributed by atoms with Gasteiger partial charge in [-0.3, -0.25) is 4.99 Å². The fourth-order valence-electron chi connectivity index (χ4n) is 2.28. The maximum Gasteiger partial charge on any atom is 0.193 e. The number of aliphatic imine (C=N–C) groups is 1. The number of nitrogens with one attached hydrogen (secondary N) is 1. The number of rotatable bonds is 7. The number of ether oxygens (including phenoxy) is 1. The quantitative estimate of drug-likeness (QED) is 0.386. The Bertz CT molecular complexity index is 599. The second-order valence-electron chi connectivity index (χ2n) is 5.27. The topological polar surface area (TPSA) is 36.9 Å². The third-order valence-electron chi connectivity index (χ3n) is 3.48. The van der Waals surface area contributed by atoms with Gasteiger partial charge >= 0.3 is 0 Å². The van der Waals surface area contributed by atoms with Crippen molar-refractivity contribution in [3.05, 3.63) is 52.2 Å². The summed E-state index contributed by atoms with van der Waals surface area (Å²) in [5.74, 6) is 1.83. The maximum atomic E-state index is 5.20. The molecule has 1 aromatic carbocycles. The summed E-state index contributed by atoms with van der Waals surface area (Å²) in [6.45, 7) is 4.57. The fourth-order valence-corrected chi connectivity index (χ4v) is 2.97. The molecule has 0 aliphatic heterocycles. The molecular weight excluding hydrogens is 433 g/mol. The lowest BCUT2D eigenvalue weighted by atomic mass is 10.2. The zero-order valence-electron chi connectivity index (χ0n) is 14.5. The summed E-state index contributed by atoms with van der Waals surface area (Å²) in [7, 11) is 3.75. The minimum Gasteiger partial charge on any atom is -0.497 e. The fraction of sp³-hybridized carbons (Fsp3) is 0.389. The van der Waals surface area contributed by atoms with Crippen molar-refractivity contribution in [1.29, 1.82) is 0 Å². The van der Waals surface area contributed by atoms with E-state index >= 15 is 0 Å². The van der Waals surface area contributed by atoms with Crippen LogP contribution in [0.2, 0.25) is 0 Å². The van der Waals surface area contributed by atoms with Crippen LogP contribution < -0.4 is 10.1 Å². The molecule has 24 heavy (non-hydrogen) atoms. The van der Waals surface area contributed by atoms with Crippen LogP contribution in [0.5, 0.6) is 5.75 Å². The van der Waals surface area contributed by atoms with Crippen LogP contribution in [0.1, 0.15) is 17.4 Å². The third kappa shape index (κ3) is 6.68. The lowest BCUT2D eigenvalue weighted by Crippen LogP contribution is -2.38. The van der Waals surface area contributed by atoms with Gasteiger partial charge in [0.05, 0.1) is 7.11 Å². The number of guanidine groups is 1. The van der Waals surface area contributed by atoms with Gasteiger partial charge in [0.15, 0.2) is 5.96 Å². The van der Waals surface area contributed by atoms with Gasteiger partial charge in [-0.25, -0.2) is 0 Å². The second-order valence-corrected chi connectivity index (χ2v) is 6.30. The van der Waals surface area contributed by atoms with E-state index in [1.165, 1.54) is 10.4 Å². The molecular formula is C18H26IN3OS. The Morgan fingerprint density at radius 2 is 2.00 bits per heavy atom. The smallest absolute Gasteiger partial charge is 0.193 e. The van der Waals surface area contributed by atoms with Gasteiger partial charge in [-0.1, -0.05) is 18.2 Å². The predicted octanol–water partition coefficient (Wildman–Crippen LogP) is 4.01. The van der Waals surface area contributed by atoms with Crippen LogP contribution in [-0.2, 0) is 13.0 Å². The molecule has 0 saturated carbocycles. The summed E-state index contributed by atoms with van der Waals surface area (Å²) in [5, 5.41) is 5.47. The summed E-state index contributed by atoms with van der Waals surface area (Å²) < 4.78 is 5.20. The minimum absolute atomic E-state index is 0. The zero-order chi connectivity index (χ0) is 16.5. The van der Waals surface area contributed by atoms with Crippen LogP contribution >= 0.6 is 35.3 Å². The molecule has 2 rings (SSSR count). The predicted molar refractivity (Wildman–Crippen MR) is 114 cm³/mol. The molecule has 6 heteroatoms. The van der Waals surface area contributed by atoms with Gasteiger partial charge in [-0.2, -0.15) is 0 Å². The highest BCUT2D eigenvalue weighted by molar-refractivity contribution is 14.0. The Morgan fingerprint density at radius 3 is 2.58 bits per heavy atom. The average Bonchev–Trinajstić information content (AvgIpc) is 3.08. The molecule has 1 heterocycles. The SMILES string of the molecule is CCNC(=NCCc1cccs1)N(C)Cc1ccc(OC)cc1.I. The number of hydrogen-bond acceptors (Lipinski definition) is 3. The Labute approximate surface area is 166 Å². The van der Waals surface area contributed by atoms with Gasteiger partial charge < -0.3 is 15.0 Å². The van der Waals surface area contributed by atoms with Gasteiger partial charge in [-0.15, -0.1) is 35.3 Å². The van der Waals surface area contributed by atoms with Crippen molar-refractivity contribution in [2.75, 3.05) is 27.2 Å². The summed E-state index contributed by atoms with van der Waals surface area (Å²) in [6.07, 6.45) is 0.989. The highest BCUT2D eigenvalue weighted by atomic mass is 127. The first kappa shape index (κ1) is 20.8. The molecule has 1 aromatic heterocycles. The van der Waals surface area contributed by atoms with E-state index in [0.29, 0.717) is 0 Å². The monoisotopic (exact) mass is 459 g/mol. The van der Waals surface area contributed by atoms with E-state index < -0.39 is 0 Å². The number of methoxy groups -OCH3 is 1. The number of thiophene rings is 1. The maximum absolute atomic E-state index is 5.20. The number of benzene rings is 1. The molecule has 0 saturated heterocycles. The van der Waals surface area contributed by atoms with Gasteiger partial charge in [0, 0.05) is 38.0 Å². The zero-order valence-corrected chi connectivity index (χ0v) is 17.6. The van der Waals surface area contributed by atoms with E-state index in [1.807, 2.05) is 12.1 Å². The van der Waals surface area contributed by atoms with Crippen molar-refractivity contribution < 1.29 is 4.74 Å². The van der Waals surface area contributed by atoms with Crippen molar-refractivity contribution in [3.8, 4) is 5.75 Å². The summed E-state index contributed by atoms with van der Waals surface area (Å²) >= 11 is 1.79. The van der Waals surface area contributed by atoms with Crippen LogP contribution in [0.4, 0.5) is 0 Å². The van der Waals surface area contributed by atoms with Crippen molar-refractivity contribution in [2.45, 2.75) is 19.9 Å². The van der Waals surface area contributed by atoms with Crippen molar-refractivity contribution in [1.82, 2.24) is 10.2 Å². The Hall–Kier alpha value is -1.28. The van der Waals surface area contributed by atoms with E-state index in [4.69, 9.17) is 9.73 Å². The molecule has 0 amide bonds. The van der Waals surface area contributed by atoms with Crippen molar-refractivity contribution in [2.24, 2.45) is 4.99 Å². The van der Waals surface area contributed by atoms with E-state index in [-0.39, 0.29) is 24.0 Å². The molecule has 1 N–H and O–H groups in total. The van der Waals surface area contributed by atoms with Gasteiger partial charge in [0.2, 0.25) is 0 Å². The second kappa shape index (κ2) is 11.3. The largest absolute Gasteiger partial charge is 0.497 e. The first-order valence-electron chi connectivity index (χ1n) is 7.87. The van der Waals surface area contributed by atoms with Gasteiger partial charge in [0.25, 0.3) is 0 Å². The van der Waals surface area contributed by atoms with E-state index in [2.05, 4.69) is 53.8 Å². The van der Waals surface area contributed by atoms with Gasteiger partial charge in [-0.05, 0) is 36.1 Å². The molecule has 0 unspecified atom stereocenters. The Balaban J connectivity index is 0.00000288. The summed E-state index contributed by atoms with van der Waals surface area (Å²) in [6, 6.07) is 12.4. The Morgan fingerprint density at radius 1 is 1.25 bits per heavy atom. The molecule has 0 bridgehead atoms. The lowest BCUT2D eigenvalue weighted by molar-refractivity contribution is 0.414. The Kier molecular flexibility index (Phi) is 9.78. The third-order valence-corrected chi connectivity index (χ3v) is 4.41. The van der Waals surface area contributed by atoms with Crippen LogP contribution in [0.25, 0.3) is 0 Å². The van der Waals surface area contributed by atoms with E-state index in [1.54, 1.807) is 18.4 Å². The molecule has 0 fully saturated rings. The van der Waals surface area contributed by atoms with Crippen molar-refractivity contribution in [3.63, 3.8) is 0 Å². The molecule has 4 nitrogen and oxygen atoms in total. The molecule has 0 aliphatic carbocycles. The summed E-state index contributed by atoms with van der Waals surface area (Å²) in [5.41, 5.74) is 1.23.